The molecular weight excluding hydrogens is 408 g/mol. The van der Waals surface area contributed by atoms with Crippen molar-refractivity contribution < 1.29 is 30.6 Å². The highest BCUT2D eigenvalue weighted by atomic mass is 16.4. The summed E-state index contributed by atoms with van der Waals surface area (Å²) in [5.41, 5.74) is 0.448. The summed E-state index contributed by atoms with van der Waals surface area (Å²) in [7, 11) is 0. The van der Waals surface area contributed by atoms with Gasteiger partial charge in [-0.2, -0.15) is 0 Å². The van der Waals surface area contributed by atoms with Crippen molar-refractivity contribution in [1.82, 2.24) is 0 Å². The Morgan fingerprint density at radius 3 is 1.59 bits per heavy atom. The van der Waals surface area contributed by atoms with E-state index in [1.165, 1.54) is 0 Å². The molecule has 6 N–H and O–H groups in total. The van der Waals surface area contributed by atoms with Gasteiger partial charge in [0.2, 0.25) is 0 Å². The number of hydrogen-bond acceptors (Lipinski definition) is 6. The monoisotopic (exact) mass is 444 g/mol. The molecule has 6 nitrogen and oxygen atoms in total. The van der Waals surface area contributed by atoms with Crippen molar-refractivity contribution in [3.05, 3.63) is 82.4 Å². The van der Waals surface area contributed by atoms with Crippen LogP contribution in [0.4, 0.5) is 0 Å². The summed E-state index contributed by atoms with van der Waals surface area (Å²) in [6, 6.07) is 11.2. The number of aryl methyl sites for hydroxylation is 4. The van der Waals surface area contributed by atoms with Crippen molar-refractivity contribution in [1.29, 1.82) is 0 Å². The van der Waals surface area contributed by atoms with Crippen molar-refractivity contribution >= 4 is 0 Å². The molecular formula is C26H36O6. The first-order chi connectivity index (χ1) is 14.9. The lowest BCUT2D eigenvalue weighted by atomic mass is 9.71. The van der Waals surface area contributed by atoms with E-state index >= 15 is 0 Å². The van der Waals surface area contributed by atoms with E-state index in [9.17, 15) is 30.6 Å². The predicted octanol–water partition coefficient (Wildman–Crippen LogP) is 1.43. The maximum atomic E-state index is 11.7. The first kappa shape index (κ1) is 26.2. The topological polar surface area (TPSA) is 121 Å². The molecule has 2 aromatic rings. The van der Waals surface area contributed by atoms with E-state index in [2.05, 4.69) is 6.58 Å². The van der Waals surface area contributed by atoms with Gasteiger partial charge in [0.1, 0.15) is 29.5 Å². The summed E-state index contributed by atoms with van der Waals surface area (Å²) < 4.78 is 0. The molecule has 0 heterocycles. The Bertz CT molecular complexity index is 901. The summed E-state index contributed by atoms with van der Waals surface area (Å²) >= 11 is 0. The van der Waals surface area contributed by atoms with E-state index < -0.39 is 36.1 Å². The predicted molar refractivity (Wildman–Crippen MR) is 124 cm³/mol. The van der Waals surface area contributed by atoms with Crippen LogP contribution in [0.5, 0.6) is 0 Å². The molecule has 0 aromatic heterocycles. The molecule has 0 saturated heterocycles. The molecule has 5 atom stereocenters. The minimum atomic E-state index is -2.39. The Balaban J connectivity index is 2.59. The van der Waals surface area contributed by atoms with Gasteiger partial charge in [0.25, 0.3) is 0 Å². The lowest BCUT2D eigenvalue weighted by Crippen LogP contribution is -2.66. The van der Waals surface area contributed by atoms with E-state index in [0.29, 0.717) is 5.56 Å². The average molecular weight is 445 g/mol. The van der Waals surface area contributed by atoms with Gasteiger partial charge in [-0.3, -0.25) is 0 Å². The molecule has 0 aliphatic heterocycles. The summed E-state index contributed by atoms with van der Waals surface area (Å²) in [5, 5.41) is 64.9. The van der Waals surface area contributed by atoms with E-state index in [4.69, 9.17) is 0 Å². The molecule has 0 spiro atoms. The molecule has 2 aromatic carbocycles. The van der Waals surface area contributed by atoms with Crippen molar-refractivity contribution in [2.45, 2.75) is 70.1 Å². The van der Waals surface area contributed by atoms with Gasteiger partial charge < -0.3 is 30.6 Å². The zero-order chi connectivity index (χ0) is 24.3. The third-order valence-electron chi connectivity index (χ3n) is 6.57. The van der Waals surface area contributed by atoms with Gasteiger partial charge in [0, 0.05) is 12.8 Å². The van der Waals surface area contributed by atoms with Gasteiger partial charge in [0.05, 0.1) is 6.61 Å². The third-order valence-corrected chi connectivity index (χ3v) is 6.57. The molecule has 0 aliphatic rings. The molecule has 0 aliphatic carbocycles. The molecule has 1 unspecified atom stereocenters. The van der Waals surface area contributed by atoms with Crippen LogP contribution in [0.1, 0.15) is 33.4 Å². The fraction of sp³-hybridized carbons (Fsp3) is 0.462. The number of benzene rings is 2. The maximum absolute atomic E-state index is 11.7. The van der Waals surface area contributed by atoms with E-state index in [1.807, 2.05) is 64.1 Å². The van der Waals surface area contributed by atoms with E-state index in [-0.39, 0.29) is 12.8 Å². The normalized spacial score (nSPS) is 18.3. The molecule has 0 bridgehead atoms. The van der Waals surface area contributed by atoms with Gasteiger partial charge in [0.15, 0.2) is 0 Å². The fourth-order valence-corrected chi connectivity index (χ4v) is 4.33. The van der Waals surface area contributed by atoms with Gasteiger partial charge in [-0.25, -0.2) is 0 Å². The van der Waals surface area contributed by atoms with Gasteiger partial charge >= 0.3 is 0 Å². The van der Waals surface area contributed by atoms with Crippen molar-refractivity contribution in [3.63, 3.8) is 0 Å². The summed E-state index contributed by atoms with van der Waals surface area (Å²) in [4.78, 5) is 0. The van der Waals surface area contributed by atoms with E-state index in [0.717, 1.165) is 33.9 Å². The molecule has 6 heteroatoms. The highest BCUT2D eigenvalue weighted by Gasteiger charge is 2.53. The molecule has 0 amide bonds. The second kappa shape index (κ2) is 10.3. The quantitative estimate of drug-likeness (QED) is 0.308. The van der Waals surface area contributed by atoms with Crippen LogP contribution in [0.2, 0.25) is 0 Å². The zero-order valence-corrected chi connectivity index (χ0v) is 19.3. The summed E-state index contributed by atoms with van der Waals surface area (Å²) in [6.45, 7) is 10.3. The SMILES string of the molecule is C=CC(O)(Cc1c(C)cccc1C)[C@@H](O)[C@@](O)(Cc1c(C)cccc1C)[C@H](O)[C@@H](O)CO. The van der Waals surface area contributed by atoms with Gasteiger partial charge in [-0.15, -0.1) is 6.58 Å². The standard InChI is InChI=1S/C26H36O6/c1-6-25(31,13-20-16(2)9-7-10-17(20)3)24(30)26(32,23(29)22(28)15-27)14-21-18(4)11-8-12-19(21)5/h6-12,22-24,27-32H,1,13-15H2,2-5H3/t22-,23+,24+,25?,26+/m0/s1. The molecule has 32 heavy (non-hydrogen) atoms. The fourth-order valence-electron chi connectivity index (χ4n) is 4.33. The van der Waals surface area contributed by atoms with Crippen LogP contribution in [-0.2, 0) is 12.8 Å². The Hall–Kier alpha value is -2.06. The summed E-state index contributed by atoms with van der Waals surface area (Å²) in [6.07, 6.45) is -4.76. The lowest BCUT2D eigenvalue weighted by molar-refractivity contribution is -0.218. The second-order valence-electron chi connectivity index (χ2n) is 8.88. The largest absolute Gasteiger partial charge is 0.394 e. The van der Waals surface area contributed by atoms with Crippen molar-refractivity contribution in [2.75, 3.05) is 6.61 Å². The molecule has 176 valence electrons. The van der Waals surface area contributed by atoms with Crippen LogP contribution in [0.3, 0.4) is 0 Å². The molecule has 0 saturated carbocycles. The third kappa shape index (κ3) is 5.12. The Morgan fingerprint density at radius 1 is 0.812 bits per heavy atom. The Kier molecular flexibility index (Phi) is 8.39. The second-order valence-corrected chi connectivity index (χ2v) is 8.88. The number of rotatable bonds is 10. The van der Waals surface area contributed by atoms with E-state index in [1.54, 1.807) is 0 Å². The van der Waals surface area contributed by atoms with Crippen LogP contribution in [0.15, 0.2) is 49.1 Å². The first-order valence-electron chi connectivity index (χ1n) is 10.7. The van der Waals surface area contributed by atoms with Crippen LogP contribution >= 0.6 is 0 Å². The highest BCUT2D eigenvalue weighted by molar-refractivity contribution is 5.38. The van der Waals surface area contributed by atoms with Gasteiger partial charge in [-0.05, 0) is 61.1 Å². The smallest absolute Gasteiger partial charge is 0.126 e. The van der Waals surface area contributed by atoms with Crippen LogP contribution < -0.4 is 0 Å². The highest BCUT2D eigenvalue weighted by Crippen LogP contribution is 2.35. The maximum Gasteiger partial charge on any atom is 0.126 e. The van der Waals surface area contributed by atoms with Gasteiger partial charge in [-0.1, -0.05) is 42.5 Å². The van der Waals surface area contributed by atoms with Crippen LogP contribution in [0.25, 0.3) is 0 Å². The number of hydrogen-bond donors (Lipinski definition) is 6. The molecule has 2 rings (SSSR count). The zero-order valence-electron chi connectivity index (χ0n) is 19.3. The average Bonchev–Trinajstić information content (AvgIpc) is 2.77. The van der Waals surface area contributed by atoms with Crippen LogP contribution in [0, 0.1) is 27.7 Å². The number of aliphatic hydroxyl groups excluding tert-OH is 4. The lowest BCUT2D eigenvalue weighted by Gasteiger charge is -2.45. The Labute approximate surface area is 190 Å². The first-order valence-corrected chi connectivity index (χ1v) is 10.7. The van der Waals surface area contributed by atoms with Crippen molar-refractivity contribution in [2.24, 2.45) is 0 Å². The summed E-state index contributed by atoms with van der Waals surface area (Å²) in [5.74, 6) is 0. The number of aliphatic hydroxyl groups is 6. The minimum Gasteiger partial charge on any atom is -0.394 e. The molecule has 0 fully saturated rings. The Morgan fingerprint density at radius 2 is 1.22 bits per heavy atom. The minimum absolute atomic E-state index is 0.0623. The van der Waals surface area contributed by atoms with Crippen LogP contribution in [-0.4, -0.2) is 66.8 Å². The molecule has 0 radical (unpaired) electrons. The van der Waals surface area contributed by atoms with Crippen molar-refractivity contribution in [3.8, 4) is 0 Å².